The molecular formula is C42H39IrN3O-2. The topological polar surface area (TPSA) is 51.8 Å². The maximum atomic E-state index is 8.06. The Bertz CT molecular complexity index is 2650. The number of pyridine rings is 3. The molecule has 0 bridgehead atoms. The van der Waals surface area contributed by atoms with Crippen molar-refractivity contribution in [2.24, 2.45) is 0 Å². The van der Waals surface area contributed by atoms with E-state index in [0.29, 0.717) is 21.9 Å². The van der Waals surface area contributed by atoms with Gasteiger partial charge in [0.1, 0.15) is 0 Å². The number of nitrogens with zero attached hydrogens (tertiary/aromatic N) is 3. The molecule has 0 unspecified atom stereocenters. The molecule has 0 saturated carbocycles. The van der Waals surface area contributed by atoms with Crippen molar-refractivity contribution in [3.8, 4) is 33.6 Å². The van der Waals surface area contributed by atoms with E-state index in [9.17, 15) is 0 Å². The monoisotopic (exact) mass is 809 g/mol. The van der Waals surface area contributed by atoms with Crippen molar-refractivity contribution in [1.29, 1.82) is 0 Å². The number of fused-ring (bicyclic) bond motifs is 3. The van der Waals surface area contributed by atoms with Gasteiger partial charge in [0.2, 0.25) is 5.71 Å². The number of aromatic nitrogens is 3. The first-order valence-electron chi connectivity index (χ1n) is 21.9. The van der Waals surface area contributed by atoms with Crippen LogP contribution in [-0.2, 0) is 25.5 Å². The van der Waals surface area contributed by atoms with E-state index in [0.717, 1.165) is 23.5 Å². The van der Waals surface area contributed by atoms with Crippen molar-refractivity contribution >= 4 is 22.1 Å². The van der Waals surface area contributed by atoms with Crippen LogP contribution in [0.4, 0.5) is 0 Å². The van der Waals surface area contributed by atoms with Crippen molar-refractivity contribution in [3.05, 3.63) is 137 Å². The molecule has 1 radical (unpaired) electrons. The second-order valence-electron chi connectivity index (χ2n) is 11.8. The predicted octanol–water partition coefficient (Wildman–Crippen LogP) is 10.9. The molecular weight excluding hydrogens is 755 g/mol. The Labute approximate surface area is 312 Å². The summed E-state index contributed by atoms with van der Waals surface area (Å²) in [4.78, 5) is 12.9. The molecule has 0 saturated heterocycles. The third-order valence-electron chi connectivity index (χ3n) is 7.49. The summed E-state index contributed by atoms with van der Waals surface area (Å²) in [5, 5.41) is 1.14. The van der Waals surface area contributed by atoms with Gasteiger partial charge in [-0.1, -0.05) is 80.5 Å². The molecule has 47 heavy (non-hydrogen) atoms. The summed E-state index contributed by atoms with van der Waals surface area (Å²) in [5.41, 5.74) is 3.17. The quantitative estimate of drug-likeness (QED) is 0.167. The first-order valence-corrected chi connectivity index (χ1v) is 14.4. The van der Waals surface area contributed by atoms with Crippen molar-refractivity contribution in [2.75, 3.05) is 0 Å². The van der Waals surface area contributed by atoms with Gasteiger partial charge in [-0.05, 0) is 84.2 Å². The van der Waals surface area contributed by atoms with Crippen LogP contribution in [0, 0.1) is 46.4 Å². The van der Waals surface area contributed by atoms with Crippen LogP contribution in [0.25, 0.3) is 55.7 Å². The van der Waals surface area contributed by atoms with Gasteiger partial charge < -0.3 is 14.4 Å². The zero-order valence-electron chi connectivity index (χ0n) is 40.7. The minimum atomic E-state index is -2.76. The second-order valence-corrected chi connectivity index (χ2v) is 11.8. The molecule has 0 amide bonds. The van der Waals surface area contributed by atoms with Gasteiger partial charge in [0.15, 0.2) is 0 Å². The molecule has 4 aromatic heterocycles. The Morgan fingerprint density at radius 2 is 1.53 bits per heavy atom. The van der Waals surface area contributed by atoms with Gasteiger partial charge in [-0.2, -0.15) is 0 Å². The normalized spacial score (nSPS) is 17.3. The zero-order chi connectivity index (χ0) is 45.1. The SMILES string of the molecule is [2H]C([2H])([2H])c1c[c-]c(-c2ccc(C(C)(C)C)cn2)cc1.[2H]C([2H])([2H])c1ccc(-c2cc(-c3[c-]ccc4c3oc3nc(C([2H])([2H])[2H])ccc34)ncc2C([2H])([2H])[2H])c(C([2H])([2H])[2H])c1.[Ir]. The Morgan fingerprint density at radius 1 is 0.702 bits per heavy atom. The van der Waals surface area contributed by atoms with Gasteiger partial charge in [0, 0.05) is 64.1 Å². The summed E-state index contributed by atoms with van der Waals surface area (Å²) in [7, 11) is 0. The Kier molecular flexibility index (Phi) is 5.67. The molecule has 4 heterocycles. The molecule has 0 fully saturated rings. The van der Waals surface area contributed by atoms with E-state index in [1.165, 1.54) is 35.9 Å². The van der Waals surface area contributed by atoms with E-state index in [1.807, 2.05) is 18.3 Å². The zero-order valence-corrected chi connectivity index (χ0v) is 28.1. The first-order chi connectivity index (χ1) is 28.0. The van der Waals surface area contributed by atoms with E-state index in [2.05, 4.69) is 47.9 Å². The van der Waals surface area contributed by atoms with Crippen molar-refractivity contribution in [2.45, 2.75) is 60.4 Å². The summed E-state index contributed by atoms with van der Waals surface area (Å²) < 4.78 is 122. The van der Waals surface area contributed by atoms with Crippen LogP contribution in [0.15, 0.2) is 95.7 Å². The average Bonchev–Trinajstić information content (AvgIpc) is 3.54. The fourth-order valence-electron chi connectivity index (χ4n) is 4.99. The standard InChI is InChI=1S/C26H21N2O.C16H18N.Ir/c1-15-8-10-19(16(2)12-15)23-13-24(27-14-17(23)3)22-7-5-6-20-21-11-9-18(4)28-26(21)29-25(20)22;1-12-5-7-13(8-6-12)15-10-9-14(11-17-15)16(2,3)4;/h5-6,8-14H,1-4H3;5-7,9-11H,1-4H3;/q2*-1;/i1D3,2D3,3D3,4D3;1D3;. The summed E-state index contributed by atoms with van der Waals surface area (Å²) in [6.07, 6.45) is 2.99. The van der Waals surface area contributed by atoms with Crippen LogP contribution in [0.3, 0.4) is 0 Å². The number of hydrogen-bond donors (Lipinski definition) is 0. The second kappa shape index (κ2) is 13.7. The molecule has 7 rings (SSSR count). The maximum Gasteiger partial charge on any atom is 0.216 e. The molecule has 0 aliphatic heterocycles. The minimum Gasteiger partial charge on any atom is -0.486 e. The summed E-state index contributed by atoms with van der Waals surface area (Å²) in [6, 6.07) is 26.2. The molecule has 0 aliphatic carbocycles. The van der Waals surface area contributed by atoms with Crippen molar-refractivity contribution < 1.29 is 45.1 Å². The number of hydrogen-bond acceptors (Lipinski definition) is 4. The predicted molar refractivity (Wildman–Crippen MR) is 190 cm³/mol. The molecule has 7 aromatic rings. The van der Waals surface area contributed by atoms with Crippen molar-refractivity contribution in [1.82, 2.24) is 15.0 Å². The summed E-state index contributed by atoms with van der Waals surface area (Å²) in [5.74, 6) is 0. The van der Waals surface area contributed by atoms with Gasteiger partial charge in [-0.25, -0.2) is 4.98 Å². The Morgan fingerprint density at radius 3 is 2.23 bits per heavy atom. The average molecular weight is 809 g/mol. The summed E-state index contributed by atoms with van der Waals surface area (Å²) in [6.45, 7) is -6.13. The fourth-order valence-corrected chi connectivity index (χ4v) is 4.99. The molecule has 0 atom stereocenters. The smallest absolute Gasteiger partial charge is 0.216 e. The van der Waals surface area contributed by atoms with Crippen LogP contribution < -0.4 is 0 Å². The third kappa shape index (κ3) is 7.27. The summed E-state index contributed by atoms with van der Waals surface area (Å²) >= 11 is 0. The van der Waals surface area contributed by atoms with Crippen LogP contribution in [0.5, 0.6) is 0 Å². The molecule has 0 spiro atoms. The van der Waals surface area contributed by atoms with Crippen molar-refractivity contribution in [3.63, 3.8) is 0 Å². The van der Waals surface area contributed by atoms with Crippen LogP contribution in [0.2, 0.25) is 0 Å². The van der Waals surface area contributed by atoms with E-state index in [4.69, 9.17) is 25.0 Å². The Hall–Kier alpha value is -4.44. The number of furan rings is 1. The van der Waals surface area contributed by atoms with Crippen LogP contribution >= 0.6 is 0 Å². The molecule has 0 aliphatic rings. The van der Waals surface area contributed by atoms with E-state index >= 15 is 0 Å². The maximum absolute atomic E-state index is 8.06. The first kappa shape index (κ1) is 19.4. The molecule has 5 heteroatoms. The van der Waals surface area contributed by atoms with Crippen LogP contribution in [-0.4, -0.2) is 15.0 Å². The number of benzene rings is 3. The van der Waals surface area contributed by atoms with Crippen LogP contribution in [0.1, 0.15) is 74.8 Å². The van der Waals surface area contributed by atoms with Gasteiger partial charge >= 0.3 is 0 Å². The van der Waals surface area contributed by atoms with E-state index in [1.54, 1.807) is 30.3 Å². The van der Waals surface area contributed by atoms with Gasteiger partial charge in [-0.3, -0.25) is 0 Å². The van der Waals surface area contributed by atoms with Gasteiger partial charge in [-0.15, -0.1) is 53.6 Å². The third-order valence-corrected chi connectivity index (χ3v) is 7.49. The molecule has 3 aromatic carbocycles. The molecule has 4 nitrogen and oxygen atoms in total. The minimum absolute atomic E-state index is 0. The number of aryl methyl sites for hydroxylation is 5. The van der Waals surface area contributed by atoms with E-state index in [-0.39, 0.29) is 76.0 Å². The van der Waals surface area contributed by atoms with Gasteiger partial charge in [0.25, 0.3) is 0 Å². The Balaban J connectivity index is 0.000000291. The molecule has 0 N–H and O–H groups in total. The van der Waals surface area contributed by atoms with E-state index < -0.39 is 34.3 Å². The largest absolute Gasteiger partial charge is 0.486 e. The fraction of sp³-hybridized carbons (Fsp3) is 0.214. The number of rotatable bonds is 3. The van der Waals surface area contributed by atoms with Gasteiger partial charge in [0.05, 0.1) is 5.58 Å². The molecule has 239 valence electrons.